The van der Waals surface area contributed by atoms with Gasteiger partial charge in [-0.3, -0.25) is 4.99 Å². The van der Waals surface area contributed by atoms with E-state index < -0.39 is 0 Å². The Balaban J connectivity index is 2.26. The molecule has 0 fully saturated rings. The first-order chi connectivity index (χ1) is 6.72. The molecule has 0 N–H and O–H groups in total. The highest BCUT2D eigenvalue weighted by Gasteiger charge is 2.25. The predicted molar refractivity (Wildman–Crippen MR) is 58.5 cm³/mol. The van der Waals surface area contributed by atoms with Crippen molar-refractivity contribution < 1.29 is 0 Å². The van der Waals surface area contributed by atoms with Crippen LogP contribution >= 0.6 is 11.6 Å². The van der Waals surface area contributed by atoms with Crippen LogP contribution < -0.4 is 0 Å². The molecule has 0 aromatic rings. The number of hydrazone groups is 1. The fourth-order valence-corrected chi connectivity index (χ4v) is 1.66. The van der Waals surface area contributed by atoms with Gasteiger partial charge in [-0.25, -0.2) is 5.01 Å². The van der Waals surface area contributed by atoms with Gasteiger partial charge in [0.1, 0.15) is 5.16 Å². The SMILES string of the molecule is CCC(C)C1=NC2C=C=NN2C(Cl)=C1. The highest BCUT2D eigenvalue weighted by Crippen LogP contribution is 2.25. The van der Waals surface area contributed by atoms with Crippen LogP contribution in [0.5, 0.6) is 0 Å². The largest absolute Gasteiger partial charge is 0.258 e. The molecule has 2 aliphatic heterocycles. The molecule has 3 nitrogen and oxygen atoms in total. The van der Waals surface area contributed by atoms with E-state index in [0.29, 0.717) is 11.1 Å². The summed E-state index contributed by atoms with van der Waals surface area (Å²) in [5, 5.41) is 6.27. The fourth-order valence-electron chi connectivity index (χ4n) is 1.41. The summed E-state index contributed by atoms with van der Waals surface area (Å²) in [6.07, 6.45) is 4.70. The quantitative estimate of drug-likeness (QED) is 0.642. The molecule has 2 heterocycles. The molecule has 2 atom stereocenters. The minimum Gasteiger partial charge on any atom is -0.258 e. The van der Waals surface area contributed by atoms with E-state index in [1.165, 1.54) is 0 Å². The third-order valence-electron chi connectivity index (χ3n) is 2.52. The third kappa shape index (κ3) is 1.49. The van der Waals surface area contributed by atoms with E-state index in [2.05, 4.69) is 29.8 Å². The van der Waals surface area contributed by atoms with Gasteiger partial charge in [-0.1, -0.05) is 25.4 Å². The summed E-state index contributed by atoms with van der Waals surface area (Å²) in [5.41, 5.74) is 1.05. The second kappa shape index (κ2) is 3.60. The number of fused-ring (bicyclic) bond motifs is 1. The van der Waals surface area contributed by atoms with Gasteiger partial charge in [-0.15, -0.1) is 5.10 Å². The molecule has 0 saturated heterocycles. The van der Waals surface area contributed by atoms with Gasteiger partial charge < -0.3 is 0 Å². The van der Waals surface area contributed by atoms with Crippen LogP contribution in [0.25, 0.3) is 0 Å². The average molecular weight is 210 g/mol. The normalized spacial score (nSPS) is 25.9. The summed E-state index contributed by atoms with van der Waals surface area (Å²) < 4.78 is 0. The van der Waals surface area contributed by atoms with Crippen molar-refractivity contribution in [3.8, 4) is 0 Å². The molecule has 0 aromatic heterocycles. The molecule has 0 amide bonds. The molecule has 0 saturated carbocycles. The van der Waals surface area contributed by atoms with Gasteiger partial charge in [0.15, 0.2) is 6.17 Å². The van der Waals surface area contributed by atoms with Crippen LogP contribution in [0.3, 0.4) is 0 Å². The van der Waals surface area contributed by atoms with Crippen molar-refractivity contribution in [2.45, 2.75) is 26.4 Å². The molecule has 2 unspecified atom stereocenters. The van der Waals surface area contributed by atoms with Crippen molar-refractivity contribution in [3.63, 3.8) is 0 Å². The number of hydrogen-bond acceptors (Lipinski definition) is 3. The summed E-state index contributed by atoms with van der Waals surface area (Å²) in [6.45, 7) is 4.29. The van der Waals surface area contributed by atoms with Gasteiger partial charge in [-0.2, -0.15) is 0 Å². The van der Waals surface area contributed by atoms with Crippen LogP contribution in [0.2, 0.25) is 0 Å². The van der Waals surface area contributed by atoms with Gasteiger partial charge in [0.2, 0.25) is 0 Å². The predicted octanol–water partition coefficient (Wildman–Crippen LogP) is 2.35. The number of nitrogens with zero attached hydrogens (tertiary/aromatic N) is 3. The number of hydrogen-bond donors (Lipinski definition) is 0. The molecule has 74 valence electrons. The Morgan fingerprint density at radius 1 is 1.71 bits per heavy atom. The number of allylic oxidation sites excluding steroid dienone is 1. The monoisotopic (exact) mass is 209 g/mol. The topological polar surface area (TPSA) is 28.0 Å². The summed E-state index contributed by atoms with van der Waals surface area (Å²) in [7, 11) is 0. The Morgan fingerprint density at radius 2 is 2.50 bits per heavy atom. The molecule has 0 aliphatic carbocycles. The van der Waals surface area contributed by atoms with Crippen LogP contribution in [-0.4, -0.2) is 22.8 Å². The van der Waals surface area contributed by atoms with Gasteiger partial charge >= 0.3 is 0 Å². The smallest absolute Gasteiger partial charge is 0.171 e. The number of halogens is 1. The van der Waals surface area contributed by atoms with Crippen molar-refractivity contribution in [1.82, 2.24) is 5.01 Å². The summed E-state index contributed by atoms with van der Waals surface area (Å²) in [4.78, 5) is 4.53. The molecular weight excluding hydrogens is 198 g/mol. The molecular formula is C10H12ClN3. The number of rotatable bonds is 2. The van der Waals surface area contributed by atoms with Gasteiger partial charge in [0.25, 0.3) is 0 Å². The van der Waals surface area contributed by atoms with Crippen molar-refractivity contribution in [3.05, 3.63) is 17.3 Å². The van der Waals surface area contributed by atoms with E-state index in [0.717, 1.165) is 12.1 Å². The highest BCUT2D eigenvalue weighted by atomic mass is 35.5. The van der Waals surface area contributed by atoms with E-state index >= 15 is 0 Å². The van der Waals surface area contributed by atoms with Crippen LogP contribution in [0.4, 0.5) is 0 Å². The first-order valence-corrected chi connectivity index (χ1v) is 5.13. The standard InChI is InChI=1S/C10H12ClN3/c1-3-7(2)8-6-9(11)14-10(13-8)4-5-12-14/h4,6-7,10H,3H2,1-2H3. The van der Waals surface area contributed by atoms with Gasteiger partial charge in [0, 0.05) is 17.7 Å². The van der Waals surface area contributed by atoms with Crippen LogP contribution in [0.15, 0.2) is 27.4 Å². The highest BCUT2D eigenvalue weighted by molar-refractivity contribution is 6.31. The maximum atomic E-state index is 6.07. The Labute approximate surface area is 88.5 Å². The zero-order valence-corrected chi connectivity index (χ0v) is 8.99. The molecule has 14 heavy (non-hydrogen) atoms. The first kappa shape index (κ1) is 9.50. The third-order valence-corrected chi connectivity index (χ3v) is 2.81. The molecule has 0 spiro atoms. The molecule has 0 aromatic carbocycles. The van der Waals surface area contributed by atoms with E-state index in [-0.39, 0.29) is 6.17 Å². The average Bonchev–Trinajstić information content (AvgIpc) is 2.64. The second-order valence-corrected chi connectivity index (χ2v) is 3.87. The van der Waals surface area contributed by atoms with Gasteiger partial charge in [0.05, 0.1) is 0 Å². The van der Waals surface area contributed by atoms with E-state index in [1.54, 1.807) is 5.01 Å². The Morgan fingerprint density at radius 3 is 3.21 bits per heavy atom. The van der Waals surface area contributed by atoms with Crippen molar-refractivity contribution in [2.24, 2.45) is 16.0 Å². The van der Waals surface area contributed by atoms with E-state index in [4.69, 9.17) is 11.6 Å². The number of aliphatic imine (C=N–C) groups is 1. The first-order valence-electron chi connectivity index (χ1n) is 4.76. The summed E-state index contributed by atoms with van der Waals surface area (Å²) >= 11 is 6.07. The Kier molecular flexibility index (Phi) is 2.44. The van der Waals surface area contributed by atoms with E-state index in [1.807, 2.05) is 12.2 Å². The molecule has 2 aliphatic rings. The molecule has 2 rings (SSSR count). The summed E-state index contributed by atoms with van der Waals surface area (Å²) in [5.74, 6) is 3.21. The van der Waals surface area contributed by atoms with Crippen LogP contribution in [0, 0.1) is 5.92 Å². The molecule has 0 bridgehead atoms. The lowest BCUT2D eigenvalue weighted by Gasteiger charge is -2.25. The van der Waals surface area contributed by atoms with Crippen molar-refractivity contribution >= 4 is 23.2 Å². The summed E-state index contributed by atoms with van der Waals surface area (Å²) in [6, 6.07) is 0. The minimum atomic E-state index is -0.0727. The lowest BCUT2D eigenvalue weighted by Crippen LogP contribution is -2.29. The fraction of sp³-hybridized carbons (Fsp3) is 0.500. The van der Waals surface area contributed by atoms with E-state index in [9.17, 15) is 0 Å². The molecule has 0 radical (unpaired) electrons. The minimum absolute atomic E-state index is 0.0727. The zero-order chi connectivity index (χ0) is 10.1. The lowest BCUT2D eigenvalue weighted by molar-refractivity contribution is 0.343. The zero-order valence-electron chi connectivity index (χ0n) is 8.24. The van der Waals surface area contributed by atoms with Gasteiger partial charge in [-0.05, 0) is 18.4 Å². The maximum Gasteiger partial charge on any atom is 0.171 e. The van der Waals surface area contributed by atoms with Crippen LogP contribution in [-0.2, 0) is 0 Å². The lowest BCUT2D eigenvalue weighted by atomic mass is 10.0. The Bertz CT molecular complexity index is 364. The second-order valence-electron chi connectivity index (χ2n) is 3.48. The Hall–Kier alpha value is -1.05. The maximum absolute atomic E-state index is 6.07. The van der Waals surface area contributed by atoms with Crippen molar-refractivity contribution in [1.29, 1.82) is 0 Å². The molecule has 4 heteroatoms. The van der Waals surface area contributed by atoms with Crippen molar-refractivity contribution in [2.75, 3.05) is 0 Å². The van der Waals surface area contributed by atoms with Crippen LogP contribution in [0.1, 0.15) is 20.3 Å².